The first-order chi connectivity index (χ1) is 6.11. The van der Waals surface area contributed by atoms with Crippen molar-refractivity contribution in [2.24, 2.45) is 11.5 Å². The van der Waals surface area contributed by atoms with E-state index in [1.54, 1.807) is 0 Å². The van der Waals surface area contributed by atoms with Gasteiger partial charge in [-0.3, -0.25) is 4.79 Å². The Bertz CT molecular complexity index is 152. The van der Waals surface area contributed by atoms with Gasteiger partial charge in [-0.25, -0.2) is 4.79 Å². The number of urea groups is 1. The summed E-state index contributed by atoms with van der Waals surface area (Å²) in [4.78, 5) is 19.9. The van der Waals surface area contributed by atoms with Crippen LogP contribution >= 0.6 is 0 Å². The average Bonchev–Trinajstić information content (AvgIpc) is 1.97. The molecule has 2 saturated heterocycles. The molecule has 2 amide bonds. The summed E-state index contributed by atoms with van der Waals surface area (Å²) in [5.41, 5.74) is 8.50. The Kier molecular flexibility index (Phi) is 5.62. The number of carbonyl (C=O) groups is 2. The van der Waals surface area contributed by atoms with Crippen molar-refractivity contribution < 1.29 is 14.7 Å². The number of fused-ring (bicyclic) bond motifs is 1. The van der Waals surface area contributed by atoms with Crippen molar-refractivity contribution in [3.05, 3.63) is 0 Å². The van der Waals surface area contributed by atoms with Gasteiger partial charge in [-0.2, -0.15) is 0 Å². The van der Waals surface area contributed by atoms with Gasteiger partial charge in [0.1, 0.15) is 0 Å². The van der Waals surface area contributed by atoms with Crippen LogP contribution in [-0.2, 0) is 4.79 Å². The Labute approximate surface area is 76.5 Å². The fourth-order valence-electron chi connectivity index (χ4n) is 1.24. The molecule has 0 aliphatic carbocycles. The maximum atomic E-state index is 9.00. The van der Waals surface area contributed by atoms with Gasteiger partial charge >= 0.3 is 6.03 Å². The minimum atomic E-state index is -0.833. The van der Waals surface area contributed by atoms with Crippen molar-refractivity contribution in [1.29, 1.82) is 0 Å². The molecule has 2 heterocycles. The van der Waals surface area contributed by atoms with E-state index in [1.807, 2.05) is 0 Å². The predicted octanol–water partition coefficient (Wildman–Crippen LogP) is -0.811. The summed E-state index contributed by atoms with van der Waals surface area (Å²) in [5, 5.41) is 6.89. The van der Waals surface area contributed by atoms with Crippen LogP contribution in [0.3, 0.4) is 0 Å². The molecular weight excluding hydrogens is 174 g/mol. The largest absolute Gasteiger partial charge is 0.483 e. The monoisotopic (exact) mass is 189 g/mol. The van der Waals surface area contributed by atoms with Crippen molar-refractivity contribution in [2.45, 2.75) is 18.9 Å². The molecule has 0 aromatic carbocycles. The number of primary amides is 2. The molecule has 0 radical (unpaired) electrons. The lowest BCUT2D eigenvalue weighted by molar-refractivity contribution is -0.122. The van der Waals surface area contributed by atoms with E-state index in [-0.39, 0.29) is 6.47 Å². The molecule has 0 atom stereocenters. The summed E-state index contributed by atoms with van der Waals surface area (Å²) in [6.07, 6.45) is 2.97. The van der Waals surface area contributed by atoms with Gasteiger partial charge in [-0.15, -0.1) is 0 Å². The highest BCUT2D eigenvalue weighted by atomic mass is 16.3. The van der Waals surface area contributed by atoms with Gasteiger partial charge in [0.2, 0.25) is 0 Å². The molecule has 0 aromatic heterocycles. The summed E-state index contributed by atoms with van der Waals surface area (Å²) < 4.78 is 0. The van der Waals surface area contributed by atoms with E-state index in [4.69, 9.17) is 14.7 Å². The second-order valence-electron chi connectivity index (χ2n) is 2.77. The Morgan fingerprint density at radius 2 is 1.62 bits per heavy atom. The number of rotatable bonds is 0. The molecule has 0 saturated carbocycles. The molecule has 2 aliphatic rings. The van der Waals surface area contributed by atoms with Gasteiger partial charge in [0.25, 0.3) is 6.47 Å². The van der Waals surface area contributed by atoms with E-state index in [0.717, 1.165) is 6.04 Å². The molecule has 0 aromatic rings. The van der Waals surface area contributed by atoms with Crippen LogP contribution in [0.1, 0.15) is 12.8 Å². The smallest absolute Gasteiger partial charge is 0.309 e. The van der Waals surface area contributed by atoms with Gasteiger partial charge in [0.05, 0.1) is 0 Å². The normalized spacial score (nSPS) is 18.5. The Balaban J connectivity index is 0.000000184. The van der Waals surface area contributed by atoms with E-state index in [2.05, 4.69) is 16.4 Å². The van der Waals surface area contributed by atoms with E-state index >= 15 is 0 Å². The molecule has 2 rings (SSSR count). The van der Waals surface area contributed by atoms with Crippen molar-refractivity contribution >= 4 is 12.5 Å². The van der Waals surface area contributed by atoms with Crippen LogP contribution in [0.15, 0.2) is 0 Å². The summed E-state index contributed by atoms with van der Waals surface area (Å²) in [5.74, 6) is 0. The van der Waals surface area contributed by atoms with Crippen LogP contribution in [0.4, 0.5) is 4.79 Å². The van der Waals surface area contributed by atoms with Crippen LogP contribution in [0.2, 0.25) is 0 Å². The number of piperidine rings is 1. The molecule has 5 N–H and O–H groups in total. The highest BCUT2D eigenvalue weighted by Crippen LogP contribution is 2.28. The van der Waals surface area contributed by atoms with Crippen LogP contribution in [-0.4, -0.2) is 41.6 Å². The minimum absolute atomic E-state index is 0.250. The molecule has 0 unspecified atom stereocenters. The summed E-state index contributed by atoms with van der Waals surface area (Å²) >= 11 is 0. The zero-order valence-corrected chi connectivity index (χ0v) is 7.35. The second-order valence-corrected chi connectivity index (χ2v) is 2.77. The summed E-state index contributed by atoms with van der Waals surface area (Å²) in [7, 11) is 0. The highest BCUT2D eigenvalue weighted by molar-refractivity contribution is 5.69. The minimum Gasteiger partial charge on any atom is -0.483 e. The highest BCUT2D eigenvalue weighted by Gasteiger charge is 2.34. The molecule has 6 heteroatoms. The quantitative estimate of drug-likeness (QED) is 0.433. The Morgan fingerprint density at radius 3 is 1.62 bits per heavy atom. The SMILES string of the molecule is C1CN2CCC12.NC(N)=O.O=CO. The molecule has 2 aliphatic heterocycles. The van der Waals surface area contributed by atoms with Crippen molar-refractivity contribution in [3.63, 3.8) is 0 Å². The first kappa shape index (κ1) is 11.7. The average molecular weight is 189 g/mol. The Hall–Kier alpha value is -1.30. The van der Waals surface area contributed by atoms with E-state index in [9.17, 15) is 0 Å². The van der Waals surface area contributed by atoms with Crippen LogP contribution in [0.25, 0.3) is 0 Å². The lowest BCUT2D eigenvalue weighted by atomic mass is 9.91. The molecule has 2 fully saturated rings. The topological polar surface area (TPSA) is 110 Å². The third-order valence-electron chi connectivity index (χ3n) is 2.02. The number of carboxylic acid groups (broad SMARTS) is 1. The molecular formula is C7H15N3O3. The number of hydrogen-bond donors (Lipinski definition) is 3. The van der Waals surface area contributed by atoms with E-state index < -0.39 is 6.03 Å². The zero-order valence-electron chi connectivity index (χ0n) is 7.35. The van der Waals surface area contributed by atoms with Gasteiger partial charge < -0.3 is 21.5 Å². The van der Waals surface area contributed by atoms with Crippen molar-refractivity contribution in [3.8, 4) is 0 Å². The van der Waals surface area contributed by atoms with Crippen molar-refractivity contribution in [2.75, 3.05) is 13.1 Å². The van der Waals surface area contributed by atoms with Gasteiger partial charge in [0.15, 0.2) is 0 Å². The number of nitrogens with zero attached hydrogens (tertiary/aromatic N) is 1. The molecule has 13 heavy (non-hydrogen) atoms. The third-order valence-corrected chi connectivity index (χ3v) is 2.02. The number of nitrogens with two attached hydrogens (primary N) is 2. The first-order valence-electron chi connectivity index (χ1n) is 3.98. The summed E-state index contributed by atoms with van der Waals surface area (Å²) in [6.45, 7) is 2.54. The third kappa shape index (κ3) is 5.02. The van der Waals surface area contributed by atoms with Crippen molar-refractivity contribution in [1.82, 2.24) is 4.90 Å². The Morgan fingerprint density at radius 1 is 1.38 bits per heavy atom. The molecule has 0 bridgehead atoms. The lowest BCUT2D eigenvalue weighted by Crippen LogP contribution is -2.57. The van der Waals surface area contributed by atoms with Gasteiger partial charge in [-0.05, 0) is 25.9 Å². The number of amides is 2. The standard InChI is InChI=1S/C5H9N.CH4N2O.CH2O2/c1-3-6-4-2-5(1)6;2-1(3)4;2-1-3/h5H,1-4H2;(H4,2,3,4);1H,(H,2,3). The van der Waals surface area contributed by atoms with Crippen LogP contribution < -0.4 is 11.5 Å². The van der Waals surface area contributed by atoms with Gasteiger partial charge in [-0.1, -0.05) is 0 Å². The van der Waals surface area contributed by atoms with E-state index in [1.165, 1.54) is 25.9 Å². The fourth-order valence-corrected chi connectivity index (χ4v) is 1.24. The molecule has 6 nitrogen and oxygen atoms in total. The molecule has 76 valence electrons. The van der Waals surface area contributed by atoms with E-state index in [0.29, 0.717) is 0 Å². The van der Waals surface area contributed by atoms with Crippen LogP contribution in [0, 0.1) is 0 Å². The maximum absolute atomic E-state index is 9.00. The lowest BCUT2D eigenvalue weighted by Gasteiger charge is -2.50. The predicted molar refractivity (Wildman–Crippen MR) is 47.1 cm³/mol. The number of hydrogen-bond acceptors (Lipinski definition) is 3. The second kappa shape index (κ2) is 6.24. The summed E-state index contributed by atoms with van der Waals surface area (Å²) in [6, 6.07) is 0.213. The first-order valence-corrected chi connectivity index (χ1v) is 3.98. The fraction of sp³-hybridized carbons (Fsp3) is 0.714. The van der Waals surface area contributed by atoms with Crippen LogP contribution in [0.5, 0.6) is 0 Å². The number of carbonyl (C=O) groups excluding carboxylic acids is 1. The van der Waals surface area contributed by atoms with Gasteiger partial charge in [0, 0.05) is 6.04 Å². The molecule has 0 spiro atoms. The maximum Gasteiger partial charge on any atom is 0.309 e. The zero-order chi connectivity index (χ0) is 10.3.